The van der Waals surface area contributed by atoms with Gasteiger partial charge in [0.1, 0.15) is 0 Å². The number of rotatable bonds is 3. The fourth-order valence-electron chi connectivity index (χ4n) is 4.34. The maximum Gasteiger partial charge on any atom is 0.260 e. The molecule has 0 saturated carbocycles. The SMILES string of the molecule is Cn1cnc2cc(N3CCN(Cc4cc5n(n4)CCCC5)CC3)ccc2c1=O. The molecule has 0 bridgehead atoms. The van der Waals surface area contributed by atoms with Gasteiger partial charge in [-0.1, -0.05) is 0 Å². The number of anilines is 1. The minimum atomic E-state index is 0.00383. The number of piperazine rings is 1. The van der Waals surface area contributed by atoms with Crippen LogP contribution in [0, 0.1) is 0 Å². The Labute approximate surface area is 164 Å². The van der Waals surface area contributed by atoms with Crippen LogP contribution in [-0.2, 0) is 26.6 Å². The van der Waals surface area contributed by atoms with Crippen molar-refractivity contribution in [2.24, 2.45) is 7.05 Å². The van der Waals surface area contributed by atoms with Crippen molar-refractivity contribution in [1.82, 2.24) is 24.2 Å². The van der Waals surface area contributed by atoms with Crippen LogP contribution in [0.15, 0.2) is 35.4 Å². The summed E-state index contributed by atoms with van der Waals surface area (Å²) in [7, 11) is 1.73. The first-order valence-electron chi connectivity index (χ1n) is 10.2. The Morgan fingerprint density at radius 3 is 2.71 bits per heavy atom. The van der Waals surface area contributed by atoms with Crippen LogP contribution in [0.4, 0.5) is 5.69 Å². The molecule has 7 heteroatoms. The van der Waals surface area contributed by atoms with Gasteiger partial charge < -0.3 is 9.47 Å². The van der Waals surface area contributed by atoms with E-state index < -0.39 is 0 Å². The van der Waals surface area contributed by atoms with Gasteiger partial charge in [-0.2, -0.15) is 5.10 Å². The van der Waals surface area contributed by atoms with Gasteiger partial charge in [0.15, 0.2) is 0 Å². The molecule has 2 aromatic heterocycles. The summed E-state index contributed by atoms with van der Waals surface area (Å²) in [6, 6.07) is 8.28. The highest BCUT2D eigenvalue weighted by Crippen LogP contribution is 2.21. The number of fused-ring (bicyclic) bond motifs is 2. The van der Waals surface area contributed by atoms with Crippen molar-refractivity contribution in [3.63, 3.8) is 0 Å². The summed E-state index contributed by atoms with van der Waals surface area (Å²) in [5.41, 5.74) is 4.52. The summed E-state index contributed by atoms with van der Waals surface area (Å²) in [4.78, 5) is 21.5. The third-order valence-corrected chi connectivity index (χ3v) is 5.99. The molecule has 1 aromatic carbocycles. The van der Waals surface area contributed by atoms with E-state index in [9.17, 15) is 4.79 Å². The second-order valence-electron chi connectivity index (χ2n) is 7.93. The molecule has 0 amide bonds. The van der Waals surface area contributed by atoms with Gasteiger partial charge in [0.25, 0.3) is 5.56 Å². The van der Waals surface area contributed by atoms with Gasteiger partial charge in [0, 0.05) is 57.7 Å². The zero-order chi connectivity index (χ0) is 19.1. The van der Waals surface area contributed by atoms with Gasteiger partial charge in [-0.05, 0) is 43.5 Å². The lowest BCUT2D eigenvalue weighted by Gasteiger charge is -2.35. The molecule has 0 spiro atoms. The molecule has 3 aromatic rings. The molecule has 1 fully saturated rings. The van der Waals surface area contributed by atoms with Gasteiger partial charge in [-0.3, -0.25) is 14.4 Å². The van der Waals surface area contributed by atoms with Crippen molar-refractivity contribution >= 4 is 16.6 Å². The third-order valence-electron chi connectivity index (χ3n) is 5.99. The van der Waals surface area contributed by atoms with E-state index in [0.29, 0.717) is 5.39 Å². The molecule has 28 heavy (non-hydrogen) atoms. The highest BCUT2D eigenvalue weighted by Gasteiger charge is 2.20. The first kappa shape index (κ1) is 17.4. The highest BCUT2D eigenvalue weighted by atomic mass is 16.1. The van der Waals surface area contributed by atoms with Crippen molar-refractivity contribution in [1.29, 1.82) is 0 Å². The Bertz CT molecular complexity index is 1040. The molecule has 0 aliphatic carbocycles. The summed E-state index contributed by atoms with van der Waals surface area (Å²) in [6.45, 7) is 5.99. The minimum absolute atomic E-state index is 0.00383. The summed E-state index contributed by atoms with van der Waals surface area (Å²) >= 11 is 0. The molecule has 4 heterocycles. The second-order valence-corrected chi connectivity index (χ2v) is 7.93. The molecule has 1 saturated heterocycles. The molecule has 0 unspecified atom stereocenters. The first-order chi connectivity index (χ1) is 13.7. The van der Waals surface area contributed by atoms with E-state index in [1.54, 1.807) is 13.4 Å². The molecule has 5 rings (SSSR count). The fraction of sp³-hybridized carbons (Fsp3) is 0.476. The van der Waals surface area contributed by atoms with Crippen molar-refractivity contribution in [2.45, 2.75) is 32.4 Å². The zero-order valence-corrected chi connectivity index (χ0v) is 16.3. The molecular formula is C21H26N6O. The van der Waals surface area contributed by atoms with E-state index in [-0.39, 0.29) is 5.56 Å². The van der Waals surface area contributed by atoms with Crippen molar-refractivity contribution in [2.75, 3.05) is 31.1 Å². The Morgan fingerprint density at radius 2 is 1.89 bits per heavy atom. The van der Waals surface area contributed by atoms with Crippen LogP contribution in [0.1, 0.15) is 24.2 Å². The standard InChI is InChI=1S/C21H26N6O/c1-24-15-22-20-13-17(5-6-19(20)21(24)28)26-10-8-25(9-11-26)14-16-12-18-4-2-3-7-27(18)23-16/h5-6,12-13,15H,2-4,7-11,14H2,1H3. The predicted molar refractivity (Wildman–Crippen MR) is 110 cm³/mol. The molecule has 0 radical (unpaired) electrons. The lowest BCUT2D eigenvalue weighted by Crippen LogP contribution is -2.46. The Balaban J connectivity index is 1.25. The van der Waals surface area contributed by atoms with E-state index in [2.05, 4.69) is 25.5 Å². The Hall–Kier alpha value is -2.67. The van der Waals surface area contributed by atoms with Crippen LogP contribution in [0.3, 0.4) is 0 Å². The van der Waals surface area contributed by atoms with E-state index in [0.717, 1.165) is 50.5 Å². The third kappa shape index (κ3) is 3.20. The summed E-state index contributed by atoms with van der Waals surface area (Å²) < 4.78 is 3.72. The Kier molecular flexibility index (Phi) is 4.39. The van der Waals surface area contributed by atoms with Crippen molar-refractivity contribution < 1.29 is 0 Å². The monoisotopic (exact) mass is 378 g/mol. The van der Waals surface area contributed by atoms with Crippen LogP contribution in [0.5, 0.6) is 0 Å². The van der Waals surface area contributed by atoms with Gasteiger partial charge in [-0.15, -0.1) is 0 Å². The molecule has 146 valence electrons. The molecule has 2 aliphatic heterocycles. The maximum absolute atomic E-state index is 12.2. The number of benzene rings is 1. The van der Waals surface area contributed by atoms with Crippen molar-refractivity contribution in [3.8, 4) is 0 Å². The lowest BCUT2D eigenvalue weighted by atomic mass is 10.1. The Morgan fingerprint density at radius 1 is 1.04 bits per heavy atom. The second kappa shape index (κ2) is 7.05. The average Bonchev–Trinajstić information content (AvgIpc) is 3.13. The normalized spacial score (nSPS) is 17.8. The molecular weight excluding hydrogens is 352 g/mol. The largest absolute Gasteiger partial charge is 0.369 e. The number of aryl methyl sites for hydroxylation is 3. The maximum atomic E-state index is 12.2. The zero-order valence-electron chi connectivity index (χ0n) is 16.3. The van der Waals surface area contributed by atoms with Gasteiger partial charge in [0.05, 0.1) is 22.9 Å². The molecule has 0 N–H and O–H groups in total. The fourth-order valence-corrected chi connectivity index (χ4v) is 4.34. The van der Waals surface area contributed by atoms with Crippen LogP contribution < -0.4 is 10.5 Å². The number of aromatic nitrogens is 4. The summed E-state index contributed by atoms with van der Waals surface area (Å²) in [6.07, 6.45) is 5.30. The smallest absolute Gasteiger partial charge is 0.260 e. The molecule has 7 nitrogen and oxygen atoms in total. The number of nitrogens with zero attached hydrogens (tertiary/aromatic N) is 6. The minimum Gasteiger partial charge on any atom is -0.369 e. The summed E-state index contributed by atoms with van der Waals surface area (Å²) in [5, 5.41) is 5.47. The van der Waals surface area contributed by atoms with Crippen molar-refractivity contribution in [3.05, 3.63) is 52.3 Å². The van der Waals surface area contributed by atoms with E-state index in [1.807, 2.05) is 18.2 Å². The quantitative estimate of drug-likeness (QED) is 0.695. The lowest BCUT2D eigenvalue weighted by molar-refractivity contribution is 0.246. The van der Waals surface area contributed by atoms with E-state index in [1.165, 1.54) is 35.2 Å². The number of hydrogen-bond acceptors (Lipinski definition) is 5. The van der Waals surface area contributed by atoms with Gasteiger partial charge in [0.2, 0.25) is 0 Å². The van der Waals surface area contributed by atoms with Crippen LogP contribution >= 0.6 is 0 Å². The van der Waals surface area contributed by atoms with Crippen LogP contribution in [0.25, 0.3) is 10.9 Å². The van der Waals surface area contributed by atoms with Gasteiger partial charge in [-0.25, -0.2) is 4.98 Å². The predicted octanol–water partition coefficient (Wildman–Crippen LogP) is 1.79. The van der Waals surface area contributed by atoms with Crippen LogP contribution in [0.2, 0.25) is 0 Å². The van der Waals surface area contributed by atoms with E-state index in [4.69, 9.17) is 5.10 Å². The number of hydrogen-bond donors (Lipinski definition) is 0. The highest BCUT2D eigenvalue weighted by molar-refractivity contribution is 5.81. The summed E-state index contributed by atoms with van der Waals surface area (Å²) in [5.74, 6) is 0. The molecule has 2 aliphatic rings. The van der Waals surface area contributed by atoms with Gasteiger partial charge >= 0.3 is 0 Å². The molecule has 0 atom stereocenters. The van der Waals surface area contributed by atoms with E-state index >= 15 is 0 Å². The average molecular weight is 378 g/mol. The van der Waals surface area contributed by atoms with Crippen LogP contribution in [-0.4, -0.2) is 50.4 Å². The first-order valence-corrected chi connectivity index (χ1v) is 10.2. The topological polar surface area (TPSA) is 59.2 Å².